The average molecular weight is 355 g/mol. The van der Waals surface area contributed by atoms with Gasteiger partial charge < -0.3 is 15.3 Å². The molecule has 114 valence electrons. The predicted molar refractivity (Wildman–Crippen MR) is 82.9 cm³/mol. The van der Waals surface area contributed by atoms with Crippen molar-refractivity contribution in [3.05, 3.63) is 34.3 Å². The Labute approximate surface area is 132 Å². The van der Waals surface area contributed by atoms with Crippen molar-refractivity contribution in [2.75, 3.05) is 13.1 Å². The van der Waals surface area contributed by atoms with E-state index >= 15 is 0 Å². The van der Waals surface area contributed by atoms with Crippen molar-refractivity contribution in [1.29, 1.82) is 0 Å². The maximum absolute atomic E-state index is 12.1. The summed E-state index contributed by atoms with van der Waals surface area (Å²) < 4.78 is 0.961. The van der Waals surface area contributed by atoms with E-state index in [0.717, 1.165) is 10.0 Å². The molecule has 2 N–H and O–H groups in total. The molecule has 0 atom stereocenters. The molecule has 1 aromatic rings. The van der Waals surface area contributed by atoms with E-state index in [9.17, 15) is 14.7 Å². The number of carbonyl (C=O) groups is 2. The number of hydrogen-bond acceptors (Lipinski definition) is 2. The van der Waals surface area contributed by atoms with E-state index in [2.05, 4.69) is 21.2 Å². The number of hydrogen-bond donors (Lipinski definition) is 2. The van der Waals surface area contributed by atoms with Gasteiger partial charge in [-0.3, -0.25) is 4.79 Å². The van der Waals surface area contributed by atoms with Crippen molar-refractivity contribution >= 4 is 27.9 Å². The van der Waals surface area contributed by atoms with Gasteiger partial charge in [0.2, 0.25) is 0 Å². The first-order valence-corrected chi connectivity index (χ1v) is 7.71. The van der Waals surface area contributed by atoms with Gasteiger partial charge in [0.25, 0.3) is 0 Å². The monoisotopic (exact) mass is 354 g/mol. The van der Waals surface area contributed by atoms with Gasteiger partial charge in [-0.25, -0.2) is 4.79 Å². The number of benzene rings is 1. The van der Waals surface area contributed by atoms with E-state index in [4.69, 9.17) is 0 Å². The predicted octanol–water partition coefficient (Wildman–Crippen LogP) is 2.85. The lowest BCUT2D eigenvalue weighted by Crippen LogP contribution is -2.48. The standard InChI is InChI=1S/C15H19BrN2O3/c1-15(13(19)20)6-8-18(9-7-15)14(21)17-10-11-4-2-3-5-12(11)16/h2-5H,6-10H2,1H3,(H,17,21)(H,19,20). The van der Waals surface area contributed by atoms with Crippen molar-refractivity contribution in [3.8, 4) is 0 Å². The summed E-state index contributed by atoms with van der Waals surface area (Å²) in [6.07, 6.45) is 0.982. The Morgan fingerprint density at radius 3 is 2.52 bits per heavy atom. The van der Waals surface area contributed by atoms with Crippen LogP contribution in [0.4, 0.5) is 4.79 Å². The highest BCUT2D eigenvalue weighted by molar-refractivity contribution is 9.10. The molecule has 1 heterocycles. The number of urea groups is 1. The molecule has 1 aliphatic rings. The van der Waals surface area contributed by atoms with Gasteiger partial charge in [0.05, 0.1) is 5.41 Å². The number of carbonyl (C=O) groups excluding carboxylic acids is 1. The van der Waals surface area contributed by atoms with Crippen molar-refractivity contribution in [2.24, 2.45) is 5.41 Å². The van der Waals surface area contributed by atoms with E-state index in [-0.39, 0.29) is 6.03 Å². The molecule has 0 aliphatic carbocycles. The fourth-order valence-corrected chi connectivity index (χ4v) is 2.77. The normalized spacial score (nSPS) is 17.3. The fourth-order valence-electron chi connectivity index (χ4n) is 2.34. The van der Waals surface area contributed by atoms with Gasteiger partial charge in [-0.05, 0) is 31.4 Å². The second-order valence-corrected chi connectivity index (χ2v) is 6.46. The van der Waals surface area contributed by atoms with Gasteiger partial charge in [-0.2, -0.15) is 0 Å². The number of nitrogens with zero attached hydrogens (tertiary/aromatic N) is 1. The molecule has 0 radical (unpaired) electrons. The van der Waals surface area contributed by atoms with Gasteiger partial charge in [0, 0.05) is 24.1 Å². The summed E-state index contributed by atoms with van der Waals surface area (Å²) in [4.78, 5) is 25.0. The van der Waals surface area contributed by atoms with Crippen LogP contribution in [0.25, 0.3) is 0 Å². The molecule has 21 heavy (non-hydrogen) atoms. The Morgan fingerprint density at radius 2 is 1.95 bits per heavy atom. The molecule has 0 aromatic heterocycles. The van der Waals surface area contributed by atoms with Crippen LogP contribution in [-0.2, 0) is 11.3 Å². The van der Waals surface area contributed by atoms with Crippen LogP contribution in [0.2, 0.25) is 0 Å². The zero-order chi connectivity index (χ0) is 15.5. The lowest BCUT2D eigenvalue weighted by atomic mass is 9.80. The summed E-state index contributed by atoms with van der Waals surface area (Å²) in [5.41, 5.74) is 0.303. The molecule has 2 amide bonds. The summed E-state index contributed by atoms with van der Waals surface area (Å²) >= 11 is 3.44. The second-order valence-electron chi connectivity index (χ2n) is 5.60. The van der Waals surface area contributed by atoms with Crippen molar-refractivity contribution < 1.29 is 14.7 Å². The molecule has 0 saturated carbocycles. The lowest BCUT2D eigenvalue weighted by molar-refractivity contribution is -0.150. The zero-order valence-corrected chi connectivity index (χ0v) is 13.5. The Balaban J connectivity index is 1.86. The Kier molecular flexibility index (Phi) is 4.88. The quantitative estimate of drug-likeness (QED) is 0.876. The highest BCUT2D eigenvalue weighted by Gasteiger charge is 2.37. The summed E-state index contributed by atoms with van der Waals surface area (Å²) in [5.74, 6) is -0.782. The van der Waals surface area contributed by atoms with Gasteiger partial charge in [0.1, 0.15) is 0 Å². The molecular formula is C15H19BrN2O3. The molecule has 5 nitrogen and oxygen atoms in total. The number of nitrogens with one attached hydrogen (secondary N) is 1. The number of piperidine rings is 1. The van der Waals surface area contributed by atoms with Gasteiger partial charge >= 0.3 is 12.0 Å². The van der Waals surface area contributed by atoms with Crippen LogP contribution < -0.4 is 5.32 Å². The first-order valence-electron chi connectivity index (χ1n) is 6.92. The Bertz CT molecular complexity index is 539. The molecule has 1 saturated heterocycles. The van der Waals surface area contributed by atoms with Crippen LogP contribution in [0.5, 0.6) is 0 Å². The highest BCUT2D eigenvalue weighted by Crippen LogP contribution is 2.31. The van der Waals surface area contributed by atoms with Gasteiger partial charge in [-0.1, -0.05) is 34.1 Å². The summed E-state index contributed by atoms with van der Waals surface area (Å²) in [7, 11) is 0. The maximum Gasteiger partial charge on any atom is 0.317 e. The minimum absolute atomic E-state index is 0.141. The topological polar surface area (TPSA) is 69.6 Å². The highest BCUT2D eigenvalue weighted by atomic mass is 79.9. The van der Waals surface area contributed by atoms with Crippen LogP contribution in [0, 0.1) is 5.41 Å². The third kappa shape index (κ3) is 3.75. The minimum atomic E-state index is -0.782. The van der Waals surface area contributed by atoms with Crippen LogP contribution in [0.3, 0.4) is 0 Å². The smallest absolute Gasteiger partial charge is 0.317 e. The van der Waals surface area contributed by atoms with Crippen LogP contribution in [0.15, 0.2) is 28.7 Å². The van der Waals surface area contributed by atoms with E-state index in [1.165, 1.54) is 0 Å². The number of carboxylic acids is 1. The van der Waals surface area contributed by atoms with Crippen LogP contribution in [0.1, 0.15) is 25.3 Å². The number of carboxylic acid groups (broad SMARTS) is 1. The zero-order valence-electron chi connectivity index (χ0n) is 11.9. The number of likely N-dealkylation sites (tertiary alicyclic amines) is 1. The Morgan fingerprint density at radius 1 is 1.33 bits per heavy atom. The van der Waals surface area contributed by atoms with Gasteiger partial charge in [-0.15, -0.1) is 0 Å². The number of amides is 2. The molecule has 2 rings (SSSR count). The largest absolute Gasteiger partial charge is 0.481 e. The molecule has 1 aliphatic heterocycles. The van der Waals surface area contributed by atoms with E-state index in [1.807, 2.05) is 24.3 Å². The summed E-state index contributed by atoms with van der Waals surface area (Å²) in [6, 6.07) is 7.58. The molecule has 0 unspecified atom stereocenters. The van der Waals surface area contributed by atoms with E-state index in [0.29, 0.717) is 32.5 Å². The third-order valence-corrected chi connectivity index (χ3v) is 4.83. The number of halogens is 1. The van der Waals surface area contributed by atoms with Crippen molar-refractivity contribution in [3.63, 3.8) is 0 Å². The number of aliphatic carboxylic acids is 1. The Hall–Kier alpha value is -1.56. The molecule has 0 bridgehead atoms. The first-order chi connectivity index (χ1) is 9.92. The molecule has 0 spiro atoms. The summed E-state index contributed by atoms with van der Waals surface area (Å²) in [6.45, 7) is 3.15. The van der Waals surface area contributed by atoms with Crippen molar-refractivity contribution in [1.82, 2.24) is 10.2 Å². The van der Waals surface area contributed by atoms with Gasteiger partial charge in [0.15, 0.2) is 0 Å². The molecule has 1 fully saturated rings. The van der Waals surface area contributed by atoms with E-state index in [1.54, 1.807) is 11.8 Å². The molecular weight excluding hydrogens is 336 g/mol. The first kappa shape index (κ1) is 15.8. The minimum Gasteiger partial charge on any atom is -0.481 e. The lowest BCUT2D eigenvalue weighted by Gasteiger charge is -2.36. The maximum atomic E-state index is 12.1. The second kappa shape index (κ2) is 6.47. The molecule has 1 aromatic carbocycles. The SMILES string of the molecule is CC1(C(=O)O)CCN(C(=O)NCc2ccccc2Br)CC1. The summed E-state index contributed by atoms with van der Waals surface area (Å²) in [5, 5.41) is 12.1. The third-order valence-electron chi connectivity index (χ3n) is 4.06. The average Bonchev–Trinajstić information content (AvgIpc) is 2.46. The molecule has 6 heteroatoms. The van der Waals surface area contributed by atoms with Crippen LogP contribution >= 0.6 is 15.9 Å². The van der Waals surface area contributed by atoms with E-state index < -0.39 is 11.4 Å². The van der Waals surface area contributed by atoms with Crippen LogP contribution in [-0.4, -0.2) is 35.1 Å². The number of rotatable bonds is 3. The van der Waals surface area contributed by atoms with Crippen molar-refractivity contribution in [2.45, 2.75) is 26.3 Å². The fraction of sp³-hybridized carbons (Fsp3) is 0.467.